The first-order valence-corrected chi connectivity index (χ1v) is 10.6. The number of benzene rings is 2. The number of carbonyl (C=O) groups excluding carboxylic acids is 1. The van der Waals surface area contributed by atoms with Crippen LogP contribution in [0, 0.1) is 6.92 Å². The summed E-state index contributed by atoms with van der Waals surface area (Å²) in [6, 6.07) is 10.8. The Morgan fingerprint density at radius 3 is 2.80 bits per heavy atom. The van der Waals surface area contributed by atoms with E-state index in [9.17, 15) is 9.90 Å². The fourth-order valence-electron chi connectivity index (χ4n) is 3.38. The number of hydrogen-bond acceptors (Lipinski definition) is 5. The monoisotopic (exact) mass is 452 g/mol. The molecule has 8 heteroatoms. The van der Waals surface area contributed by atoms with Crippen LogP contribution in [-0.4, -0.2) is 54.4 Å². The predicted octanol–water partition coefficient (Wildman–Crippen LogP) is 4.15. The minimum atomic E-state index is -0.667. The van der Waals surface area contributed by atoms with Crippen molar-refractivity contribution in [3.63, 3.8) is 0 Å². The lowest BCUT2D eigenvalue weighted by atomic mass is 10.2. The normalized spacial score (nSPS) is 17.6. The van der Waals surface area contributed by atoms with Gasteiger partial charge >= 0.3 is 0 Å². The van der Waals surface area contributed by atoms with Crippen LogP contribution in [0.5, 0.6) is 11.5 Å². The summed E-state index contributed by atoms with van der Waals surface area (Å²) in [5.74, 6) is 1.06. The first kappa shape index (κ1) is 22.7. The third-order valence-electron chi connectivity index (χ3n) is 4.77. The lowest BCUT2D eigenvalue weighted by Crippen LogP contribution is -2.35. The smallest absolute Gasteiger partial charge is 0.221 e. The highest BCUT2D eigenvalue weighted by Gasteiger charge is 2.26. The molecule has 2 aromatic carbocycles. The molecule has 0 aromatic heterocycles. The number of likely N-dealkylation sites (tertiary alicyclic amines) is 1. The lowest BCUT2D eigenvalue weighted by molar-refractivity contribution is -0.114. The molecule has 0 radical (unpaired) electrons. The Morgan fingerprint density at radius 1 is 1.27 bits per heavy atom. The van der Waals surface area contributed by atoms with Crippen LogP contribution in [0.2, 0.25) is 10.0 Å². The number of amides is 1. The summed E-state index contributed by atoms with van der Waals surface area (Å²) in [7, 11) is 0. The Kier molecular flexibility index (Phi) is 7.83. The van der Waals surface area contributed by atoms with Crippen molar-refractivity contribution in [1.82, 2.24) is 4.90 Å². The first-order valence-electron chi connectivity index (χ1n) is 9.83. The second-order valence-corrected chi connectivity index (χ2v) is 8.32. The van der Waals surface area contributed by atoms with Crippen LogP contribution in [0.15, 0.2) is 36.4 Å². The van der Waals surface area contributed by atoms with Crippen LogP contribution in [0.3, 0.4) is 0 Å². The van der Waals surface area contributed by atoms with Gasteiger partial charge in [-0.3, -0.25) is 9.69 Å². The Bertz CT molecular complexity index is 893. The highest BCUT2D eigenvalue weighted by Crippen LogP contribution is 2.28. The molecule has 2 unspecified atom stereocenters. The zero-order chi connectivity index (χ0) is 21.7. The van der Waals surface area contributed by atoms with Gasteiger partial charge in [-0.05, 0) is 43.2 Å². The number of β-amino-alcohol motifs (C(OH)–C–C–N with tert-alkyl or cyclic N) is 1. The van der Waals surface area contributed by atoms with Crippen molar-refractivity contribution in [1.29, 1.82) is 0 Å². The fraction of sp³-hybridized carbons (Fsp3) is 0.409. The molecule has 162 valence electrons. The molecule has 1 aliphatic rings. The van der Waals surface area contributed by atoms with Crippen LogP contribution in [0.1, 0.15) is 18.9 Å². The SMILES string of the molecule is CC(=O)Nc1ccc(C)cc1OCC(O)CN1CCC(Oc2ccc(Cl)c(Cl)c2)C1. The Labute approximate surface area is 186 Å². The number of ether oxygens (including phenoxy) is 2. The number of aliphatic hydroxyl groups is 1. The van der Waals surface area contributed by atoms with Gasteiger partial charge in [-0.2, -0.15) is 0 Å². The van der Waals surface area contributed by atoms with Gasteiger partial charge in [0.05, 0.1) is 15.7 Å². The molecule has 1 fully saturated rings. The van der Waals surface area contributed by atoms with Gasteiger partial charge in [-0.15, -0.1) is 0 Å². The van der Waals surface area contributed by atoms with Gasteiger partial charge < -0.3 is 19.9 Å². The number of rotatable bonds is 8. The van der Waals surface area contributed by atoms with E-state index in [1.165, 1.54) is 6.92 Å². The number of aliphatic hydroxyl groups excluding tert-OH is 1. The number of carbonyl (C=O) groups is 1. The molecular weight excluding hydrogens is 427 g/mol. The molecule has 3 rings (SSSR count). The third-order valence-corrected chi connectivity index (χ3v) is 5.51. The minimum absolute atomic E-state index is 0.0264. The summed E-state index contributed by atoms with van der Waals surface area (Å²) in [4.78, 5) is 13.5. The van der Waals surface area contributed by atoms with Crippen molar-refractivity contribution in [2.75, 3.05) is 31.6 Å². The van der Waals surface area contributed by atoms with Gasteiger partial charge in [0.15, 0.2) is 0 Å². The predicted molar refractivity (Wildman–Crippen MR) is 119 cm³/mol. The van der Waals surface area contributed by atoms with E-state index in [1.807, 2.05) is 19.1 Å². The van der Waals surface area contributed by atoms with Gasteiger partial charge in [-0.25, -0.2) is 0 Å². The molecular formula is C22H26Cl2N2O4. The highest BCUT2D eigenvalue weighted by atomic mass is 35.5. The van der Waals surface area contributed by atoms with Gasteiger partial charge in [0.2, 0.25) is 5.91 Å². The van der Waals surface area contributed by atoms with Crippen LogP contribution in [0.25, 0.3) is 0 Å². The van der Waals surface area contributed by atoms with Crippen molar-refractivity contribution in [3.05, 3.63) is 52.0 Å². The maximum atomic E-state index is 11.4. The van der Waals surface area contributed by atoms with Crippen molar-refractivity contribution < 1.29 is 19.4 Å². The first-order chi connectivity index (χ1) is 14.3. The zero-order valence-corrected chi connectivity index (χ0v) is 18.5. The van der Waals surface area contributed by atoms with E-state index in [2.05, 4.69) is 10.2 Å². The highest BCUT2D eigenvalue weighted by molar-refractivity contribution is 6.42. The average molecular weight is 453 g/mol. The standard InChI is InChI=1S/C22H26Cl2N2O4/c1-14-3-6-21(25-15(2)27)22(9-14)29-13-16(28)11-26-8-7-18(12-26)30-17-4-5-19(23)20(24)10-17/h3-6,9-10,16,18,28H,7-8,11-13H2,1-2H3,(H,25,27). The summed E-state index contributed by atoms with van der Waals surface area (Å²) in [5, 5.41) is 14.1. The van der Waals surface area contributed by atoms with Crippen molar-refractivity contribution in [2.24, 2.45) is 0 Å². The minimum Gasteiger partial charge on any atom is -0.489 e. The molecule has 0 bridgehead atoms. The molecule has 1 saturated heterocycles. The van der Waals surface area contributed by atoms with E-state index < -0.39 is 6.10 Å². The lowest BCUT2D eigenvalue weighted by Gasteiger charge is -2.21. The number of aryl methyl sites for hydroxylation is 1. The number of nitrogens with one attached hydrogen (secondary N) is 1. The molecule has 0 saturated carbocycles. The van der Waals surface area contributed by atoms with Crippen molar-refractivity contribution in [2.45, 2.75) is 32.5 Å². The fourth-order valence-corrected chi connectivity index (χ4v) is 3.67. The topological polar surface area (TPSA) is 71.0 Å². The summed E-state index contributed by atoms with van der Waals surface area (Å²) in [6.07, 6.45) is 0.219. The Morgan fingerprint density at radius 2 is 2.07 bits per heavy atom. The molecule has 1 heterocycles. The molecule has 30 heavy (non-hydrogen) atoms. The molecule has 1 amide bonds. The number of hydrogen-bond donors (Lipinski definition) is 2. The summed E-state index contributed by atoms with van der Waals surface area (Å²) >= 11 is 12.0. The van der Waals surface area contributed by atoms with E-state index >= 15 is 0 Å². The van der Waals surface area contributed by atoms with E-state index in [1.54, 1.807) is 24.3 Å². The number of anilines is 1. The van der Waals surface area contributed by atoms with Gasteiger partial charge in [0, 0.05) is 32.6 Å². The summed E-state index contributed by atoms with van der Waals surface area (Å²) in [5.41, 5.74) is 1.60. The second-order valence-electron chi connectivity index (χ2n) is 7.51. The molecule has 2 N–H and O–H groups in total. The summed E-state index contributed by atoms with van der Waals surface area (Å²) in [6.45, 7) is 5.53. The van der Waals surface area contributed by atoms with Crippen LogP contribution in [0.4, 0.5) is 5.69 Å². The third kappa shape index (κ3) is 6.51. The maximum absolute atomic E-state index is 11.4. The van der Waals surface area contributed by atoms with E-state index in [-0.39, 0.29) is 18.6 Å². The summed E-state index contributed by atoms with van der Waals surface area (Å²) < 4.78 is 11.8. The van der Waals surface area contributed by atoms with E-state index in [4.69, 9.17) is 32.7 Å². The van der Waals surface area contributed by atoms with Crippen LogP contribution < -0.4 is 14.8 Å². The Hall–Kier alpha value is -1.99. The van der Waals surface area contributed by atoms with E-state index in [0.717, 1.165) is 18.5 Å². The zero-order valence-electron chi connectivity index (χ0n) is 17.0. The van der Waals surface area contributed by atoms with Gasteiger partial charge in [0.1, 0.15) is 30.3 Å². The van der Waals surface area contributed by atoms with Crippen molar-refractivity contribution >= 4 is 34.8 Å². The molecule has 0 aliphatic carbocycles. The Balaban J connectivity index is 1.48. The maximum Gasteiger partial charge on any atom is 0.221 e. The quantitative estimate of drug-likeness (QED) is 0.629. The molecule has 6 nitrogen and oxygen atoms in total. The molecule has 2 aromatic rings. The number of nitrogens with zero attached hydrogens (tertiary/aromatic N) is 1. The van der Waals surface area contributed by atoms with E-state index in [0.29, 0.717) is 40.3 Å². The molecule has 2 atom stereocenters. The molecule has 1 aliphatic heterocycles. The van der Waals surface area contributed by atoms with Crippen LogP contribution >= 0.6 is 23.2 Å². The van der Waals surface area contributed by atoms with Crippen molar-refractivity contribution in [3.8, 4) is 11.5 Å². The molecule has 0 spiro atoms. The van der Waals surface area contributed by atoms with Gasteiger partial charge in [-0.1, -0.05) is 29.3 Å². The van der Waals surface area contributed by atoms with Gasteiger partial charge in [0.25, 0.3) is 0 Å². The largest absolute Gasteiger partial charge is 0.489 e. The number of halogens is 2. The second kappa shape index (κ2) is 10.4. The van der Waals surface area contributed by atoms with Crippen LogP contribution in [-0.2, 0) is 4.79 Å². The average Bonchev–Trinajstić information content (AvgIpc) is 3.11.